The smallest absolute Gasteiger partial charge is 0.271 e. The summed E-state index contributed by atoms with van der Waals surface area (Å²) in [7, 11) is 0. The fourth-order valence-electron chi connectivity index (χ4n) is 2.89. The molecule has 3 rings (SSSR count). The molecule has 6 heteroatoms. The average Bonchev–Trinajstić information content (AvgIpc) is 3.10. The van der Waals surface area contributed by atoms with Crippen LogP contribution in [0.25, 0.3) is 0 Å². The van der Waals surface area contributed by atoms with Crippen molar-refractivity contribution in [3.63, 3.8) is 0 Å². The molecule has 2 N–H and O–H groups in total. The van der Waals surface area contributed by atoms with Gasteiger partial charge in [-0.3, -0.25) is 4.79 Å². The third-order valence-corrected chi connectivity index (χ3v) is 5.21. The SMILES string of the molecule is CC1(NC(=O)c2csc(Cc3ccc(F)cc3)n2)CCCC1O. The number of carbonyl (C=O) groups excluding carboxylic acids is 1. The van der Waals surface area contributed by atoms with Crippen molar-refractivity contribution in [3.8, 4) is 0 Å². The number of carbonyl (C=O) groups is 1. The van der Waals surface area contributed by atoms with E-state index in [0.717, 1.165) is 23.4 Å². The fraction of sp³-hybridized carbons (Fsp3) is 0.412. The van der Waals surface area contributed by atoms with Crippen molar-refractivity contribution in [2.75, 3.05) is 0 Å². The highest BCUT2D eigenvalue weighted by Gasteiger charge is 2.39. The minimum absolute atomic E-state index is 0.255. The number of hydrogen-bond acceptors (Lipinski definition) is 4. The molecule has 1 amide bonds. The molecule has 2 aromatic rings. The van der Waals surface area contributed by atoms with Gasteiger partial charge in [0, 0.05) is 11.8 Å². The highest BCUT2D eigenvalue weighted by molar-refractivity contribution is 7.09. The fourth-order valence-corrected chi connectivity index (χ4v) is 3.70. The maximum absolute atomic E-state index is 12.9. The van der Waals surface area contributed by atoms with Crippen LogP contribution in [0.1, 0.15) is 47.2 Å². The molecule has 23 heavy (non-hydrogen) atoms. The Balaban J connectivity index is 1.66. The first kappa shape index (κ1) is 16.1. The van der Waals surface area contributed by atoms with E-state index in [1.165, 1.54) is 23.5 Å². The molecule has 0 radical (unpaired) electrons. The molecule has 1 fully saturated rings. The lowest BCUT2D eigenvalue weighted by atomic mass is 9.98. The maximum atomic E-state index is 12.9. The molecule has 122 valence electrons. The molecule has 1 saturated carbocycles. The first-order chi connectivity index (χ1) is 11.0. The highest BCUT2D eigenvalue weighted by atomic mass is 32.1. The number of rotatable bonds is 4. The molecule has 1 aliphatic rings. The molecule has 1 aromatic carbocycles. The van der Waals surface area contributed by atoms with Gasteiger partial charge in [0.15, 0.2) is 0 Å². The predicted molar refractivity (Wildman–Crippen MR) is 87.0 cm³/mol. The lowest BCUT2D eigenvalue weighted by molar-refractivity contribution is 0.0705. The molecule has 1 heterocycles. The molecule has 1 aromatic heterocycles. The number of aliphatic hydroxyl groups is 1. The molecule has 2 atom stereocenters. The standard InChI is InChI=1S/C17H19FN2O2S/c1-17(8-2-3-14(17)21)20-16(22)13-10-23-15(19-13)9-11-4-6-12(18)7-5-11/h4-7,10,14,21H,2-3,8-9H2,1H3,(H,20,22). The second-order valence-electron chi connectivity index (χ2n) is 6.21. The van der Waals surface area contributed by atoms with Gasteiger partial charge in [0.2, 0.25) is 0 Å². The summed E-state index contributed by atoms with van der Waals surface area (Å²) in [6, 6.07) is 6.26. The maximum Gasteiger partial charge on any atom is 0.271 e. The van der Waals surface area contributed by atoms with E-state index in [1.807, 2.05) is 6.92 Å². The second kappa shape index (κ2) is 6.37. The van der Waals surface area contributed by atoms with E-state index in [9.17, 15) is 14.3 Å². The van der Waals surface area contributed by atoms with Crippen LogP contribution in [-0.4, -0.2) is 27.6 Å². The van der Waals surface area contributed by atoms with Crippen molar-refractivity contribution < 1.29 is 14.3 Å². The van der Waals surface area contributed by atoms with Gasteiger partial charge in [-0.1, -0.05) is 12.1 Å². The van der Waals surface area contributed by atoms with Crippen LogP contribution < -0.4 is 5.32 Å². The third kappa shape index (κ3) is 3.59. The van der Waals surface area contributed by atoms with Crippen LogP contribution >= 0.6 is 11.3 Å². The van der Waals surface area contributed by atoms with Crippen molar-refractivity contribution in [1.82, 2.24) is 10.3 Å². The van der Waals surface area contributed by atoms with Crippen LogP contribution in [0.15, 0.2) is 29.6 Å². The molecular weight excluding hydrogens is 315 g/mol. The van der Waals surface area contributed by atoms with E-state index in [2.05, 4.69) is 10.3 Å². The van der Waals surface area contributed by atoms with E-state index in [0.29, 0.717) is 18.5 Å². The number of nitrogens with zero attached hydrogens (tertiary/aromatic N) is 1. The first-order valence-electron chi connectivity index (χ1n) is 7.66. The van der Waals surface area contributed by atoms with Crippen LogP contribution in [0.3, 0.4) is 0 Å². The predicted octanol–water partition coefficient (Wildman–Crippen LogP) is 2.91. The number of hydrogen-bond donors (Lipinski definition) is 2. The van der Waals surface area contributed by atoms with Crippen LogP contribution in [0.2, 0.25) is 0 Å². The largest absolute Gasteiger partial charge is 0.391 e. The average molecular weight is 334 g/mol. The molecule has 0 saturated heterocycles. The van der Waals surface area contributed by atoms with Crippen LogP contribution in [0.5, 0.6) is 0 Å². The summed E-state index contributed by atoms with van der Waals surface area (Å²) >= 11 is 1.41. The highest BCUT2D eigenvalue weighted by Crippen LogP contribution is 2.30. The van der Waals surface area contributed by atoms with Crippen molar-refractivity contribution in [3.05, 3.63) is 51.7 Å². The van der Waals surface area contributed by atoms with Crippen LogP contribution in [-0.2, 0) is 6.42 Å². The summed E-state index contributed by atoms with van der Waals surface area (Å²) in [4.78, 5) is 16.7. The van der Waals surface area contributed by atoms with E-state index in [-0.39, 0.29) is 11.7 Å². The van der Waals surface area contributed by atoms with Crippen molar-refractivity contribution in [1.29, 1.82) is 0 Å². The zero-order valence-corrected chi connectivity index (χ0v) is 13.7. The van der Waals surface area contributed by atoms with Crippen LogP contribution in [0, 0.1) is 5.82 Å². The van der Waals surface area contributed by atoms with E-state index in [1.54, 1.807) is 17.5 Å². The Labute approximate surface area is 138 Å². The molecular formula is C17H19FN2O2S. The van der Waals surface area contributed by atoms with Gasteiger partial charge in [0.05, 0.1) is 16.7 Å². The van der Waals surface area contributed by atoms with Gasteiger partial charge in [0.25, 0.3) is 5.91 Å². The van der Waals surface area contributed by atoms with Gasteiger partial charge in [-0.05, 0) is 43.9 Å². The molecule has 4 nitrogen and oxygen atoms in total. The van der Waals surface area contributed by atoms with Gasteiger partial charge in [-0.15, -0.1) is 11.3 Å². The number of thiazole rings is 1. The van der Waals surface area contributed by atoms with Gasteiger partial charge in [0.1, 0.15) is 11.5 Å². The minimum atomic E-state index is -0.572. The summed E-state index contributed by atoms with van der Waals surface area (Å²) in [6.45, 7) is 1.87. The summed E-state index contributed by atoms with van der Waals surface area (Å²) < 4.78 is 12.9. The normalized spacial score (nSPS) is 23.9. The molecule has 1 aliphatic carbocycles. The number of aromatic nitrogens is 1. The summed E-state index contributed by atoms with van der Waals surface area (Å²) in [5, 5.41) is 15.4. The quantitative estimate of drug-likeness (QED) is 0.904. The van der Waals surface area contributed by atoms with Crippen molar-refractivity contribution >= 4 is 17.2 Å². The van der Waals surface area contributed by atoms with Gasteiger partial charge < -0.3 is 10.4 Å². The van der Waals surface area contributed by atoms with Gasteiger partial charge >= 0.3 is 0 Å². The Morgan fingerprint density at radius 1 is 1.48 bits per heavy atom. The number of amides is 1. The Morgan fingerprint density at radius 3 is 2.87 bits per heavy atom. The van der Waals surface area contributed by atoms with Crippen LogP contribution in [0.4, 0.5) is 4.39 Å². The molecule has 0 aliphatic heterocycles. The molecule has 2 unspecified atom stereocenters. The Hall–Kier alpha value is -1.79. The minimum Gasteiger partial charge on any atom is -0.391 e. The zero-order chi connectivity index (χ0) is 16.4. The zero-order valence-electron chi connectivity index (χ0n) is 12.9. The van der Waals surface area contributed by atoms with Gasteiger partial charge in [-0.25, -0.2) is 9.37 Å². The lowest BCUT2D eigenvalue weighted by Crippen LogP contribution is -2.51. The topological polar surface area (TPSA) is 62.2 Å². The Bertz CT molecular complexity index is 701. The molecule has 0 bridgehead atoms. The number of benzene rings is 1. The van der Waals surface area contributed by atoms with E-state index < -0.39 is 11.6 Å². The molecule has 0 spiro atoms. The lowest BCUT2D eigenvalue weighted by Gasteiger charge is -2.29. The number of halogens is 1. The summed E-state index contributed by atoms with van der Waals surface area (Å²) in [6.07, 6.45) is 2.45. The third-order valence-electron chi connectivity index (χ3n) is 4.36. The van der Waals surface area contributed by atoms with Crippen molar-refractivity contribution in [2.24, 2.45) is 0 Å². The van der Waals surface area contributed by atoms with E-state index in [4.69, 9.17) is 0 Å². The second-order valence-corrected chi connectivity index (χ2v) is 7.15. The Morgan fingerprint density at radius 2 is 2.22 bits per heavy atom. The monoisotopic (exact) mass is 334 g/mol. The van der Waals surface area contributed by atoms with Gasteiger partial charge in [-0.2, -0.15) is 0 Å². The Kier molecular flexibility index (Phi) is 4.46. The van der Waals surface area contributed by atoms with E-state index >= 15 is 0 Å². The number of aliphatic hydroxyl groups excluding tert-OH is 1. The first-order valence-corrected chi connectivity index (χ1v) is 8.54. The van der Waals surface area contributed by atoms with Crippen molar-refractivity contribution in [2.45, 2.75) is 44.2 Å². The number of nitrogens with one attached hydrogen (secondary N) is 1. The summed E-state index contributed by atoms with van der Waals surface area (Å²) in [5.74, 6) is -0.522. The summed E-state index contributed by atoms with van der Waals surface area (Å²) in [5.41, 5.74) is 0.746.